The molecule has 1 aliphatic heterocycles. The molecule has 6 heteroatoms. The number of nitrogens with one attached hydrogen (secondary N) is 2. The lowest BCUT2D eigenvalue weighted by Crippen LogP contribution is -2.32. The Morgan fingerprint density at radius 3 is 3.00 bits per heavy atom. The number of aromatic nitrogens is 2. The Bertz CT molecular complexity index is 950. The van der Waals surface area contributed by atoms with E-state index in [1.165, 1.54) is 33.9 Å². The minimum atomic E-state index is -0.127. The zero-order valence-electron chi connectivity index (χ0n) is 15.4. The number of rotatable bonds is 5. The molecule has 4 rings (SSSR count). The molecule has 5 nitrogen and oxygen atoms in total. The highest BCUT2D eigenvalue weighted by molar-refractivity contribution is 7.13. The van der Waals surface area contributed by atoms with E-state index in [2.05, 4.69) is 50.6 Å². The smallest absolute Gasteiger partial charge is 0.249 e. The summed E-state index contributed by atoms with van der Waals surface area (Å²) in [4.78, 5) is 22.0. The van der Waals surface area contributed by atoms with Crippen LogP contribution in [0.3, 0.4) is 0 Å². The molecule has 27 heavy (non-hydrogen) atoms. The third-order valence-electron chi connectivity index (χ3n) is 5.13. The van der Waals surface area contributed by atoms with E-state index >= 15 is 0 Å². The Balaban J connectivity index is 1.33. The number of allylic oxidation sites excluding steroid dienone is 1. The van der Waals surface area contributed by atoms with Gasteiger partial charge in [0.1, 0.15) is 0 Å². The summed E-state index contributed by atoms with van der Waals surface area (Å²) in [5.41, 5.74) is 3.71. The third kappa shape index (κ3) is 4.12. The number of hydrogen-bond donors (Lipinski definition) is 2. The summed E-state index contributed by atoms with van der Waals surface area (Å²) in [5.74, 6) is 0.487. The van der Waals surface area contributed by atoms with Crippen LogP contribution >= 0.6 is 11.3 Å². The van der Waals surface area contributed by atoms with Crippen molar-refractivity contribution >= 4 is 33.3 Å². The number of H-pyrrole nitrogens is 1. The highest BCUT2D eigenvalue weighted by Gasteiger charge is 2.23. The molecule has 0 atom stereocenters. The maximum atomic E-state index is 11.6. The number of piperidine rings is 1. The van der Waals surface area contributed by atoms with Gasteiger partial charge in [-0.05, 0) is 56.5 Å². The van der Waals surface area contributed by atoms with Crippen LogP contribution < -0.4 is 5.32 Å². The van der Waals surface area contributed by atoms with E-state index < -0.39 is 0 Å². The molecule has 0 bridgehead atoms. The van der Waals surface area contributed by atoms with Crippen molar-refractivity contribution < 1.29 is 4.79 Å². The second-order valence-electron chi connectivity index (χ2n) is 6.97. The van der Waals surface area contributed by atoms with E-state index in [1.807, 2.05) is 12.3 Å². The minimum Gasteiger partial charge on any atom is -0.361 e. The number of nitrogens with zero attached hydrogens (tertiary/aromatic N) is 2. The van der Waals surface area contributed by atoms with E-state index in [-0.39, 0.29) is 5.91 Å². The van der Waals surface area contributed by atoms with Crippen LogP contribution in [0.5, 0.6) is 0 Å². The van der Waals surface area contributed by atoms with Crippen LogP contribution in [-0.4, -0.2) is 33.9 Å². The van der Waals surface area contributed by atoms with Crippen molar-refractivity contribution in [1.82, 2.24) is 14.9 Å². The van der Waals surface area contributed by atoms with E-state index in [0.717, 1.165) is 38.2 Å². The second kappa shape index (κ2) is 8.06. The van der Waals surface area contributed by atoms with Gasteiger partial charge >= 0.3 is 0 Å². The van der Waals surface area contributed by atoms with Crippen molar-refractivity contribution in [3.8, 4) is 0 Å². The summed E-state index contributed by atoms with van der Waals surface area (Å²) in [5, 5.41) is 6.87. The van der Waals surface area contributed by atoms with Gasteiger partial charge < -0.3 is 4.98 Å². The Kier molecular flexibility index (Phi) is 5.36. The van der Waals surface area contributed by atoms with Crippen LogP contribution in [0.1, 0.15) is 36.9 Å². The maximum absolute atomic E-state index is 11.6. The average molecular weight is 381 g/mol. The fraction of sp³-hybridized carbons (Fsp3) is 0.333. The first-order valence-corrected chi connectivity index (χ1v) is 10.3. The number of para-hydroxylation sites is 1. The van der Waals surface area contributed by atoms with Crippen molar-refractivity contribution in [2.24, 2.45) is 0 Å². The standard InChI is InChI=1S/C21H24N4OS/c1-2-5-20(26)24-21-23-16(14-27-21)13-25-10-8-15(9-11-25)18-12-22-19-7-4-3-6-17(18)19/h2-7,12,14-15,22H,8-11,13H2,1H3,(H,23,24,26). The van der Waals surface area contributed by atoms with Gasteiger partial charge in [0.05, 0.1) is 5.69 Å². The van der Waals surface area contributed by atoms with Gasteiger partial charge in [0.2, 0.25) is 5.91 Å². The fourth-order valence-electron chi connectivity index (χ4n) is 3.80. The Labute approximate surface area is 163 Å². The molecule has 140 valence electrons. The zero-order valence-corrected chi connectivity index (χ0v) is 16.3. The van der Waals surface area contributed by atoms with Crippen molar-refractivity contribution in [2.75, 3.05) is 18.4 Å². The summed E-state index contributed by atoms with van der Waals surface area (Å²) in [6, 6.07) is 8.55. The topological polar surface area (TPSA) is 61.0 Å². The molecule has 1 aromatic carbocycles. The average Bonchev–Trinajstić information content (AvgIpc) is 3.29. The van der Waals surface area contributed by atoms with Gasteiger partial charge in [-0.25, -0.2) is 4.98 Å². The molecule has 0 spiro atoms. The van der Waals surface area contributed by atoms with Gasteiger partial charge in [0.25, 0.3) is 0 Å². The van der Waals surface area contributed by atoms with Gasteiger partial charge in [0, 0.05) is 29.0 Å². The predicted molar refractivity (Wildman–Crippen MR) is 111 cm³/mol. The Hall–Kier alpha value is -2.44. The quantitative estimate of drug-likeness (QED) is 0.640. The molecular formula is C21H24N4OS. The van der Waals surface area contributed by atoms with E-state index in [1.54, 1.807) is 6.08 Å². The van der Waals surface area contributed by atoms with Gasteiger partial charge in [-0.15, -0.1) is 11.3 Å². The molecule has 2 N–H and O–H groups in total. The van der Waals surface area contributed by atoms with Crippen LogP contribution in [0, 0.1) is 0 Å². The molecule has 3 heterocycles. The molecule has 0 aliphatic carbocycles. The molecule has 0 unspecified atom stereocenters. The number of anilines is 1. The van der Waals surface area contributed by atoms with Gasteiger partial charge in [-0.1, -0.05) is 24.3 Å². The number of carbonyl (C=O) groups excluding carboxylic acids is 1. The lowest BCUT2D eigenvalue weighted by atomic mass is 9.89. The number of hydrogen-bond acceptors (Lipinski definition) is 4. The van der Waals surface area contributed by atoms with Crippen LogP contribution in [-0.2, 0) is 11.3 Å². The molecule has 1 fully saturated rings. The number of amides is 1. The first-order valence-electron chi connectivity index (χ1n) is 9.39. The molecule has 1 aliphatic rings. The van der Waals surface area contributed by atoms with Crippen LogP contribution in [0.15, 0.2) is 48.0 Å². The monoisotopic (exact) mass is 380 g/mol. The molecule has 0 radical (unpaired) electrons. The molecule has 1 saturated heterocycles. The van der Waals surface area contributed by atoms with E-state index in [4.69, 9.17) is 0 Å². The third-order valence-corrected chi connectivity index (χ3v) is 5.94. The Morgan fingerprint density at radius 2 is 2.19 bits per heavy atom. The summed E-state index contributed by atoms with van der Waals surface area (Å²) >= 11 is 1.48. The van der Waals surface area contributed by atoms with E-state index in [9.17, 15) is 4.79 Å². The molecule has 1 amide bonds. The number of thiazole rings is 1. The lowest BCUT2D eigenvalue weighted by molar-refractivity contribution is -0.111. The molecule has 2 aromatic heterocycles. The largest absolute Gasteiger partial charge is 0.361 e. The van der Waals surface area contributed by atoms with Crippen LogP contribution in [0.25, 0.3) is 10.9 Å². The summed E-state index contributed by atoms with van der Waals surface area (Å²) in [6.07, 6.45) is 7.75. The first kappa shape index (κ1) is 17.9. The van der Waals surface area contributed by atoms with Crippen LogP contribution in [0.2, 0.25) is 0 Å². The fourth-order valence-corrected chi connectivity index (χ4v) is 4.50. The van der Waals surface area contributed by atoms with Gasteiger partial charge in [0.15, 0.2) is 5.13 Å². The summed E-state index contributed by atoms with van der Waals surface area (Å²) in [7, 11) is 0. The number of benzene rings is 1. The van der Waals surface area contributed by atoms with Gasteiger partial charge in [-0.2, -0.15) is 0 Å². The van der Waals surface area contributed by atoms with Crippen molar-refractivity contribution in [2.45, 2.75) is 32.2 Å². The van der Waals surface area contributed by atoms with Gasteiger partial charge in [-0.3, -0.25) is 15.0 Å². The van der Waals surface area contributed by atoms with E-state index in [0.29, 0.717) is 11.0 Å². The predicted octanol–water partition coefficient (Wildman–Crippen LogP) is 4.52. The van der Waals surface area contributed by atoms with Crippen LogP contribution in [0.4, 0.5) is 5.13 Å². The summed E-state index contributed by atoms with van der Waals surface area (Å²) in [6.45, 7) is 4.81. The SMILES string of the molecule is CC=CC(=O)Nc1nc(CN2CCC(c3c[nH]c4ccccc34)CC2)cs1. The van der Waals surface area contributed by atoms with Crippen molar-refractivity contribution in [3.05, 3.63) is 59.3 Å². The lowest BCUT2D eigenvalue weighted by Gasteiger charge is -2.31. The highest BCUT2D eigenvalue weighted by atomic mass is 32.1. The highest BCUT2D eigenvalue weighted by Crippen LogP contribution is 2.33. The molecular weight excluding hydrogens is 356 g/mol. The number of fused-ring (bicyclic) bond motifs is 1. The number of likely N-dealkylation sites (tertiary alicyclic amines) is 1. The van der Waals surface area contributed by atoms with Crippen molar-refractivity contribution in [1.29, 1.82) is 0 Å². The summed E-state index contributed by atoms with van der Waals surface area (Å²) < 4.78 is 0. The number of carbonyl (C=O) groups is 1. The Morgan fingerprint density at radius 1 is 1.37 bits per heavy atom. The molecule has 3 aromatic rings. The second-order valence-corrected chi connectivity index (χ2v) is 7.83. The first-order chi connectivity index (χ1) is 13.2. The molecule has 0 saturated carbocycles. The zero-order chi connectivity index (χ0) is 18.6. The van der Waals surface area contributed by atoms with Crippen molar-refractivity contribution in [3.63, 3.8) is 0 Å². The number of aromatic amines is 1. The minimum absolute atomic E-state index is 0.127. The maximum Gasteiger partial charge on any atom is 0.249 e. The normalized spacial score (nSPS) is 16.3.